The fraction of sp³-hybridized carbons (Fsp3) is 0.154. The summed E-state index contributed by atoms with van der Waals surface area (Å²) in [7, 11) is 1.64. The van der Waals surface area contributed by atoms with Gasteiger partial charge in [0.05, 0.1) is 23.5 Å². The lowest BCUT2D eigenvalue weighted by atomic mass is 10.1. The number of benzene rings is 1. The zero-order chi connectivity index (χ0) is 14.4. The van der Waals surface area contributed by atoms with Crippen molar-refractivity contribution in [2.45, 2.75) is 6.54 Å². The van der Waals surface area contributed by atoms with E-state index < -0.39 is 5.97 Å². The van der Waals surface area contributed by atoms with Crippen LogP contribution in [0.2, 0.25) is 0 Å². The molecule has 2 aromatic rings. The molecule has 1 N–H and O–H groups in total. The van der Waals surface area contributed by atoms with Crippen LogP contribution in [-0.2, 0) is 6.54 Å². The minimum Gasteiger partial charge on any atom is -0.476 e. The van der Waals surface area contributed by atoms with Gasteiger partial charge in [0.2, 0.25) is 0 Å². The topological polar surface area (TPSA) is 75.4 Å². The average Bonchev–Trinajstić information content (AvgIpc) is 2.69. The van der Waals surface area contributed by atoms with Crippen molar-refractivity contribution in [3.05, 3.63) is 46.0 Å². The first-order valence-electron chi connectivity index (χ1n) is 5.86. The summed E-state index contributed by atoms with van der Waals surface area (Å²) < 4.78 is 2.04. The fourth-order valence-electron chi connectivity index (χ4n) is 2.34. The van der Waals surface area contributed by atoms with E-state index in [0.29, 0.717) is 21.7 Å². The van der Waals surface area contributed by atoms with E-state index in [1.54, 1.807) is 35.9 Å². The van der Waals surface area contributed by atoms with E-state index >= 15 is 0 Å². The van der Waals surface area contributed by atoms with Gasteiger partial charge in [-0.2, -0.15) is 0 Å². The molecule has 2 heterocycles. The number of hydrogen-bond acceptors (Lipinski definition) is 3. The molecule has 0 atom stereocenters. The zero-order valence-electron chi connectivity index (χ0n) is 10.5. The minimum atomic E-state index is -1.11. The third-order valence-electron chi connectivity index (χ3n) is 3.24. The van der Waals surface area contributed by atoms with Crippen LogP contribution in [0.25, 0.3) is 5.69 Å². The first-order chi connectivity index (χ1) is 9.50. The van der Waals surface area contributed by atoms with Crippen molar-refractivity contribution in [1.82, 2.24) is 14.5 Å². The molecule has 0 unspecified atom stereocenters. The molecule has 0 saturated heterocycles. The maximum atomic E-state index is 12.3. The van der Waals surface area contributed by atoms with Crippen LogP contribution in [0.3, 0.4) is 0 Å². The number of hydrogen-bond donors (Lipinski definition) is 1. The summed E-state index contributed by atoms with van der Waals surface area (Å²) in [4.78, 5) is 29.1. The summed E-state index contributed by atoms with van der Waals surface area (Å²) >= 11 is 3.27. The summed E-state index contributed by atoms with van der Waals surface area (Å²) in [6.45, 7) is 0.188. The van der Waals surface area contributed by atoms with Crippen molar-refractivity contribution in [3.63, 3.8) is 0 Å². The number of rotatable bonds is 1. The van der Waals surface area contributed by atoms with Crippen molar-refractivity contribution < 1.29 is 14.7 Å². The van der Waals surface area contributed by atoms with Gasteiger partial charge >= 0.3 is 5.97 Å². The van der Waals surface area contributed by atoms with Gasteiger partial charge in [-0.25, -0.2) is 9.78 Å². The lowest BCUT2D eigenvalue weighted by Gasteiger charge is -2.13. The predicted molar refractivity (Wildman–Crippen MR) is 74.0 cm³/mol. The van der Waals surface area contributed by atoms with Gasteiger partial charge in [-0.05, 0) is 28.1 Å². The second kappa shape index (κ2) is 4.45. The van der Waals surface area contributed by atoms with Crippen LogP contribution in [0.5, 0.6) is 0 Å². The van der Waals surface area contributed by atoms with E-state index in [0.717, 1.165) is 0 Å². The summed E-state index contributed by atoms with van der Waals surface area (Å²) in [5.74, 6) is -1.26. The number of amides is 1. The fourth-order valence-corrected chi connectivity index (χ4v) is 2.92. The molecule has 1 aromatic carbocycles. The Balaban J connectivity index is 2.37. The summed E-state index contributed by atoms with van der Waals surface area (Å²) in [6.07, 6.45) is 0. The van der Waals surface area contributed by atoms with E-state index in [-0.39, 0.29) is 18.1 Å². The van der Waals surface area contributed by atoms with Gasteiger partial charge in [-0.3, -0.25) is 9.36 Å². The highest BCUT2D eigenvalue weighted by atomic mass is 79.9. The highest BCUT2D eigenvalue weighted by Gasteiger charge is 2.30. The number of para-hydroxylation sites is 1. The molecule has 102 valence electrons. The van der Waals surface area contributed by atoms with E-state index in [1.807, 2.05) is 0 Å². The average molecular weight is 336 g/mol. The minimum absolute atomic E-state index is 0.0479. The quantitative estimate of drug-likeness (QED) is 0.863. The van der Waals surface area contributed by atoms with Crippen molar-refractivity contribution in [3.8, 4) is 5.69 Å². The molecule has 0 fully saturated rings. The van der Waals surface area contributed by atoms with E-state index in [4.69, 9.17) is 0 Å². The van der Waals surface area contributed by atoms with Crippen LogP contribution in [0, 0.1) is 0 Å². The smallest absolute Gasteiger partial charge is 0.356 e. The van der Waals surface area contributed by atoms with Crippen LogP contribution < -0.4 is 0 Å². The van der Waals surface area contributed by atoms with Gasteiger partial charge in [0.15, 0.2) is 10.4 Å². The SMILES string of the molecule is CN1Cc2c(C(=O)O)nc(Br)n2-c2ccccc2C1=O. The number of carboxylic acid groups (broad SMARTS) is 1. The van der Waals surface area contributed by atoms with E-state index in [2.05, 4.69) is 20.9 Å². The molecular weight excluding hydrogens is 326 g/mol. The number of fused-ring (bicyclic) bond motifs is 3. The Morgan fingerprint density at radius 3 is 2.80 bits per heavy atom. The normalized spacial score (nSPS) is 13.7. The molecular formula is C13H10BrN3O3. The van der Waals surface area contributed by atoms with Gasteiger partial charge < -0.3 is 10.0 Å². The van der Waals surface area contributed by atoms with Gasteiger partial charge in [0, 0.05) is 7.05 Å². The third-order valence-corrected chi connectivity index (χ3v) is 3.78. The number of carbonyl (C=O) groups excluding carboxylic acids is 1. The largest absolute Gasteiger partial charge is 0.476 e. The van der Waals surface area contributed by atoms with Gasteiger partial charge in [-0.1, -0.05) is 12.1 Å². The van der Waals surface area contributed by atoms with Crippen molar-refractivity contribution >= 4 is 27.8 Å². The number of aromatic nitrogens is 2. The molecule has 7 heteroatoms. The molecule has 1 aliphatic heterocycles. The number of carbonyl (C=O) groups is 2. The molecule has 20 heavy (non-hydrogen) atoms. The number of carboxylic acids is 1. The standard InChI is InChI=1S/C13H10BrN3O3/c1-16-6-9-10(12(19)20)15-13(14)17(9)8-5-3-2-4-7(8)11(16)18/h2-5H,6H2,1H3,(H,19,20). The number of halogens is 1. The van der Waals surface area contributed by atoms with E-state index in [9.17, 15) is 14.7 Å². The zero-order valence-corrected chi connectivity index (χ0v) is 12.1. The lowest BCUT2D eigenvalue weighted by molar-refractivity contribution is 0.0683. The molecule has 0 spiro atoms. The molecule has 1 aliphatic rings. The molecule has 0 bridgehead atoms. The highest BCUT2D eigenvalue weighted by Crippen LogP contribution is 2.29. The molecule has 0 saturated carbocycles. The van der Waals surface area contributed by atoms with Crippen molar-refractivity contribution in [2.24, 2.45) is 0 Å². The second-order valence-corrected chi connectivity index (χ2v) is 5.20. The van der Waals surface area contributed by atoms with Gasteiger partial charge in [-0.15, -0.1) is 0 Å². The molecule has 6 nitrogen and oxygen atoms in total. The summed E-state index contributed by atoms with van der Waals surface area (Å²) in [5, 5.41) is 9.25. The van der Waals surface area contributed by atoms with E-state index in [1.165, 1.54) is 4.90 Å². The maximum Gasteiger partial charge on any atom is 0.356 e. The van der Waals surface area contributed by atoms with Crippen molar-refractivity contribution in [1.29, 1.82) is 0 Å². The number of imidazole rings is 1. The Morgan fingerprint density at radius 2 is 2.10 bits per heavy atom. The van der Waals surface area contributed by atoms with Crippen LogP contribution >= 0.6 is 15.9 Å². The Labute approximate surface area is 122 Å². The van der Waals surface area contributed by atoms with Gasteiger partial charge in [0.25, 0.3) is 5.91 Å². The van der Waals surface area contributed by atoms with Crippen LogP contribution in [-0.4, -0.2) is 38.5 Å². The predicted octanol–water partition coefficient (Wildman–Crippen LogP) is 1.92. The maximum absolute atomic E-state index is 12.3. The van der Waals surface area contributed by atoms with Crippen LogP contribution in [0.15, 0.2) is 29.0 Å². The number of aromatic carboxylic acids is 1. The molecule has 3 rings (SSSR count). The Bertz CT molecular complexity index is 738. The second-order valence-electron chi connectivity index (χ2n) is 4.50. The Hall–Kier alpha value is -2.15. The highest BCUT2D eigenvalue weighted by molar-refractivity contribution is 9.10. The van der Waals surface area contributed by atoms with Gasteiger partial charge in [0.1, 0.15) is 0 Å². The van der Waals surface area contributed by atoms with Crippen molar-refractivity contribution in [2.75, 3.05) is 7.05 Å². The lowest BCUT2D eigenvalue weighted by Crippen LogP contribution is -2.25. The summed E-state index contributed by atoms with van der Waals surface area (Å²) in [5.41, 5.74) is 1.57. The van der Waals surface area contributed by atoms with Crippen LogP contribution in [0.4, 0.5) is 0 Å². The Kier molecular flexibility index (Phi) is 2.86. The molecule has 1 amide bonds. The third kappa shape index (κ3) is 1.74. The molecule has 1 aromatic heterocycles. The first-order valence-corrected chi connectivity index (χ1v) is 6.65. The molecule has 0 aliphatic carbocycles. The number of nitrogens with zero attached hydrogens (tertiary/aromatic N) is 3. The Morgan fingerprint density at radius 1 is 1.40 bits per heavy atom. The summed E-state index contributed by atoms with van der Waals surface area (Å²) in [6, 6.07) is 7.07. The molecule has 0 radical (unpaired) electrons. The van der Waals surface area contributed by atoms with Crippen LogP contribution in [0.1, 0.15) is 26.5 Å². The monoisotopic (exact) mass is 335 g/mol. The first kappa shape index (κ1) is 12.9.